The van der Waals surface area contributed by atoms with E-state index in [1.54, 1.807) is 6.08 Å². The van der Waals surface area contributed by atoms with E-state index in [0.29, 0.717) is 6.42 Å². The fourth-order valence-corrected chi connectivity index (χ4v) is 5.58. The number of allylic oxidation sites excluding steroid dienone is 3. The molecule has 3 atom stereocenters. The molecule has 0 bridgehead atoms. The van der Waals surface area contributed by atoms with Crippen LogP contribution in [0.15, 0.2) is 24.3 Å². The topological polar surface area (TPSA) is 124 Å². The van der Waals surface area contributed by atoms with Crippen LogP contribution in [0.25, 0.3) is 0 Å². The molecular weight excluding hydrogens is 538 g/mol. The normalized spacial score (nSPS) is 14.6. The number of rotatable bonds is 29. The average Bonchev–Trinajstić information content (AvgIpc) is 2.92. The number of aliphatic hydroxyl groups is 2. The van der Waals surface area contributed by atoms with Crippen LogP contribution in [0.2, 0.25) is 0 Å². The van der Waals surface area contributed by atoms with Crippen LogP contribution in [0.4, 0.5) is 0 Å². The van der Waals surface area contributed by atoms with Crippen LogP contribution >= 0.6 is 0 Å². The highest BCUT2D eigenvalue weighted by atomic mass is 32.2. The van der Waals surface area contributed by atoms with Gasteiger partial charge in [0.1, 0.15) is 6.10 Å². The predicted octanol–water partition coefficient (Wildman–Crippen LogP) is 7.82. The smallest absolute Gasteiger partial charge is 0.267 e. The standard InChI is InChI=1S/C33H63NO6S/c1-3-5-7-9-11-13-15-16-17-18-20-21-23-25-27-31(35)30(29-41(38,39)40)34-33(37)32(36)28-26-24-22-19-14-12-10-8-6-4-2/h10,12,25,27,30-32,35-36H,3-9,11,13-24,26,28-29H2,1-2H3,(H,34,37)(H,38,39,40)/b12-10-,27-25+. The molecule has 1 amide bonds. The monoisotopic (exact) mass is 601 g/mol. The van der Waals surface area contributed by atoms with E-state index in [4.69, 9.17) is 0 Å². The van der Waals surface area contributed by atoms with Crippen LogP contribution in [-0.4, -0.2) is 53.1 Å². The van der Waals surface area contributed by atoms with Crippen molar-refractivity contribution in [2.75, 3.05) is 5.75 Å². The third-order valence-corrected chi connectivity index (χ3v) is 8.26. The third kappa shape index (κ3) is 27.4. The summed E-state index contributed by atoms with van der Waals surface area (Å²) in [6.45, 7) is 4.42. The van der Waals surface area contributed by atoms with E-state index in [9.17, 15) is 28.0 Å². The maximum atomic E-state index is 12.5. The largest absolute Gasteiger partial charge is 0.387 e. The first-order valence-electron chi connectivity index (χ1n) is 16.6. The van der Waals surface area contributed by atoms with Gasteiger partial charge in [-0.1, -0.05) is 141 Å². The molecule has 0 heterocycles. The van der Waals surface area contributed by atoms with E-state index >= 15 is 0 Å². The Labute approximate surface area is 252 Å². The fraction of sp³-hybridized carbons (Fsp3) is 0.848. The first-order chi connectivity index (χ1) is 19.7. The van der Waals surface area contributed by atoms with Crippen molar-refractivity contribution in [1.82, 2.24) is 5.32 Å². The van der Waals surface area contributed by atoms with Crippen molar-refractivity contribution in [3.8, 4) is 0 Å². The molecule has 242 valence electrons. The number of aliphatic hydroxyl groups excluding tert-OH is 2. The molecule has 8 heteroatoms. The summed E-state index contributed by atoms with van der Waals surface area (Å²) in [5.74, 6) is -1.55. The van der Waals surface area contributed by atoms with Crippen LogP contribution in [0, 0.1) is 0 Å². The molecule has 0 fully saturated rings. The summed E-state index contributed by atoms with van der Waals surface area (Å²) in [5, 5.41) is 23.2. The number of unbranched alkanes of at least 4 members (excludes halogenated alkanes) is 18. The first kappa shape index (κ1) is 39.8. The molecule has 41 heavy (non-hydrogen) atoms. The molecule has 0 aromatic rings. The van der Waals surface area contributed by atoms with E-state index in [0.717, 1.165) is 51.4 Å². The van der Waals surface area contributed by atoms with Crippen molar-refractivity contribution in [2.24, 2.45) is 0 Å². The van der Waals surface area contributed by atoms with Gasteiger partial charge in [0.25, 0.3) is 10.1 Å². The molecule has 0 aromatic heterocycles. The summed E-state index contributed by atoms with van der Waals surface area (Å²) < 4.78 is 32.2. The Balaban J connectivity index is 4.21. The van der Waals surface area contributed by atoms with Gasteiger partial charge in [-0.05, 0) is 38.5 Å². The van der Waals surface area contributed by atoms with E-state index in [-0.39, 0.29) is 6.42 Å². The second-order valence-electron chi connectivity index (χ2n) is 11.6. The van der Waals surface area contributed by atoms with E-state index in [1.807, 2.05) is 0 Å². The van der Waals surface area contributed by atoms with Gasteiger partial charge in [0.05, 0.1) is 17.9 Å². The Morgan fingerprint density at radius 3 is 1.61 bits per heavy atom. The third-order valence-electron chi connectivity index (χ3n) is 7.48. The molecule has 0 aromatic carbocycles. The molecule has 0 saturated heterocycles. The highest BCUT2D eigenvalue weighted by Crippen LogP contribution is 2.13. The van der Waals surface area contributed by atoms with Crippen molar-refractivity contribution < 1.29 is 28.0 Å². The van der Waals surface area contributed by atoms with Gasteiger partial charge in [-0.2, -0.15) is 8.42 Å². The van der Waals surface area contributed by atoms with Crippen molar-refractivity contribution in [1.29, 1.82) is 0 Å². The van der Waals surface area contributed by atoms with Gasteiger partial charge in [-0.25, -0.2) is 0 Å². The molecular formula is C33H63NO6S. The number of nitrogens with one attached hydrogen (secondary N) is 1. The van der Waals surface area contributed by atoms with Gasteiger partial charge in [0.2, 0.25) is 5.91 Å². The summed E-state index contributed by atoms with van der Waals surface area (Å²) >= 11 is 0. The second-order valence-corrected chi connectivity index (χ2v) is 13.1. The molecule has 0 aliphatic heterocycles. The van der Waals surface area contributed by atoms with Gasteiger partial charge < -0.3 is 15.5 Å². The Morgan fingerprint density at radius 2 is 1.10 bits per heavy atom. The zero-order chi connectivity index (χ0) is 30.6. The van der Waals surface area contributed by atoms with E-state index in [2.05, 4.69) is 31.3 Å². The molecule has 0 radical (unpaired) electrons. The SMILES string of the molecule is CCCC/C=C\CCCCCCC(O)C(=O)NC(CS(=O)(=O)O)C(O)/C=C/CCCCCCCCCCCCCC. The average molecular weight is 602 g/mol. The zero-order valence-electron chi connectivity index (χ0n) is 26.3. The van der Waals surface area contributed by atoms with Gasteiger partial charge in [-0.3, -0.25) is 9.35 Å². The minimum Gasteiger partial charge on any atom is -0.387 e. The first-order valence-corrected chi connectivity index (χ1v) is 18.3. The molecule has 0 aliphatic carbocycles. The van der Waals surface area contributed by atoms with E-state index in [1.165, 1.54) is 83.1 Å². The van der Waals surface area contributed by atoms with Crippen molar-refractivity contribution in [2.45, 2.75) is 173 Å². The summed E-state index contributed by atoms with van der Waals surface area (Å²) in [6, 6.07) is -1.23. The Morgan fingerprint density at radius 1 is 0.659 bits per heavy atom. The van der Waals surface area contributed by atoms with Gasteiger partial charge in [0.15, 0.2) is 0 Å². The Kier molecular flexibility index (Phi) is 26.8. The molecule has 7 nitrogen and oxygen atoms in total. The quantitative estimate of drug-likeness (QED) is 0.0394. The van der Waals surface area contributed by atoms with Crippen LogP contribution in [0.3, 0.4) is 0 Å². The van der Waals surface area contributed by atoms with Crippen LogP contribution < -0.4 is 5.32 Å². The summed E-state index contributed by atoms with van der Waals surface area (Å²) in [4.78, 5) is 12.5. The number of carbonyl (C=O) groups excluding carboxylic acids is 1. The van der Waals surface area contributed by atoms with E-state index < -0.39 is 40.0 Å². The summed E-state index contributed by atoms with van der Waals surface area (Å²) in [7, 11) is -4.43. The maximum Gasteiger partial charge on any atom is 0.267 e. The highest BCUT2D eigenvalue weighted by Gasteiger charge is 2.27. The number of amides is 1. The second kappa shape index (κ2) is 27.6. The van der Waals surface area contributed by atoms with Crippen LogP contribution in [-0.2, 0) is 14.9 Å². The van der Waals surface area contributed by atoms with Crippen molar-refractivity contribution >= 4 is 16.0 Å². The van der Waals surface area contributed by atoms with Gasteiger partial charge in [0, 0.05) is 0 Å². The molecule has 4 N–H and O–H groups in total. The van der Waals surface area contributed by atoms with Crippen LogP contribution in [0.1, 0.15) is 155 Å². The van der Waals surface area contributed by atoms with Gasteiger partial charge in [-0.15, -0.1) is 0 Å². The lowest BCUT2D eigenvalue weighted by Gasteiger charge is -2.22. The highest BCUT2D eigenvalue weighted by molar-refractivity contribution is 7.85. The van der Waals surface area contributed by atoms with Crippen molar-refractivity contribution in [3.05, 3.63) is 24.3 Å². The summed E-state index contributed by atoms with van der Waals surface area (Å²) in [6.07, 6.45) is 29.5. The lowest BCUT2D eigenvalue weighted by molar-refractivity contribution is -0.130. The minimum absolute atomic E-state index is 0.266. The summed E-state index contributed by atoms with van der Waals surface area (Å²) in [5.41, 5.74) is 0. The zero-order valence-corrected chi connectivity index (χ0v) is 27.1. The minimum atomic E-state index is -4.43. The fourth-order valence-electron chi connectivity index (χ4n) is 4.85. The molecule has 0 spiro atoms. The number of hydrogen-bond acceptors (Lipinski definition) is 5. The van der Waals surface area contributed by atoms with Gasteiger partial charge >= 0.3 is 0 Å². The Bertz CT molecular complexity index is 768. The lowest BCUT2D eigenvalue weighted by atomic mass is 10.0. The number of hydrogen-bond donors (Lipinski definition) is 4. The van der Waals surface area contributed by atoms with Crippen molar-refractivity contribution in [3.63, 3.8) is 0 Å². The molecule has 0 saturated carbocycles. The predicted molar refractivity (Wildman–Crippen MR) is 172 cm³/mol. The number of carbonyl (C=O) groups is 1. The van der Waals surface area contributed by atoms with Crippen LogP contribution in [0.5, 0.6) is 0 Å². The maximum absolute atomic E-state index is 12.5. The lowest BCUT2D eigenvalue weighted by Crippen LogP contribution is -2.50. The Hall–Kier alpha value is -1.22. The molecule has 3 unspecified atom stereocenters. The molecule has 0 rings (SSSR count). The molecule has 0 aliphatic rings.